The second-order valence-corrected chi connectivity index (χ2v) is 14.5. The molecule has 1 saturated heterocycles. The first-order chi connectivity index (χ1) is 23.1. The summed E-state index contributed by atoms with van der Waals surface area (Å²) in [5.41, 5.74) is 2.41. The molecule has 0 aliphatic carbocycles. The van der Waals surface area contributed by atoms with Crippen molar-refractivity contribution in [2.24, 2.45) is 0 Å². The Labute approximate surface area is 285 Å². The number of hydrogen-bond donors (Lipinski definition) is 1. The molecule has 2 aliphatic heterocycles. The average Bonchev–Trinajstić information content (AvgIpc) is 3.23. The van der Waals surface area contributed by atoms with Gasteiger partial charge in [-0.3, -0.25) is 9.36 Å². The number of thioether (sulfide) groups is 1. The number of alkyl halides is 3. The number of piperazine rings is 1. The summed E-state index contributed by atoms with van der Waals surface area (Å²) in [5, 5.41) is 9.36. The zero-order chi connectivity index (χ0) is 35.7. The monoisotopic (exact) mass is 718 g/mol. The number of amides is 1. The Morgan fingerprint density at radius 1 is 1.16 bits per heavy atom. The number of aromatic nitrogens is 2. The number of nitrogens with two attached hydrogens (primary N) is 1. The predicted octanol–water partition coefficient (Wildman–Crippen LogP) is 6.54. The average molecular weight is 719 g/mol. The summed E-state index contributed by atoms with van der Waals surface area (Å²) in [5.74, 6) is -2.65. The number of halogens is 5. The number of nitrogen functional groups attached to an aromatic ring is 1. The van der Waals surface area contributed by atoms with Crippen LogP contribution < -0.4 is 16.3 Å². The summed E-state index contributed by atoms with van der Waals surface area (Å²) < 4.78 is 84.2. The zero-order valence-corrected chi connectivity index (χ0v) is 28.5. The van der Waals surface area contributed by atoms with E-state index in [1.807, 2.05) is 0 Å². The molecule has 0 bridgehead atoms. The van der Waals surface area contributed by atoms with E-state index in [2.05, 4.69) is 11.6 Å². The van der Waals surface area contributed by atoms with Crippen molar-refractivity contribution in [3.05, 3.63) is 58.0 Å². The molecule has 2 aromatic heterocycles. The van der Waals surface area contributed by atoms with Crippen molar-refractivity contribution < 1.29 is 31.5 Å². The first-order valence-electron chi connectivity index (χ1n) is 15.3. The van der Waals surface area contributed by atoms with E-state index in [0.29, 0.717) is 17.4 Å². The van der Waals surface area contributed by atoms with Gasteiger partial charge in [-0.25, -0.2) is 13.6 Å². The first kappa shape index (κ1) is 34.7. The number of rotatable bonds is 5. The number of nitriles is 1. The lowest BCUT2D eigenvalue weighted by Crippen LogP contribution is -2.58. The van der Waals surface area contributed by atoms with Gasteiger partial charge in [-0.1, -0.05) is 6.58 Å². The van der Waals surface area contributed by atoms with Crippen LogP contribution in [0, 0.1) is 23.0 Å². The minimum Gasteiger partial charge on any atom is -0.389 e. The molecule has 4 aromatic rings. The third-order valence-corrected chi connectivity index (χ3v) is 10.9. The Balaban J connectivity index is 1.74. The fraction of sp³-hybridized carbons (Fsp3) is 0.394. The van der Waals surface area contributed by atoms with Gasteiger partial charge in [0.05, 0.1) is 40.1 Å². The van der Waals surface area contributed by atoms with E-state index in [1.165, 1.54) is 10.6 Å². The molecular weight excluding hydrogens is 688 g/mol. The maximum atomic E-state index is 16.1. The Kier molecular flexibility index (Phi) is 8.91. The molecule has 3 atom stereocenters. The molecule has 9 nitrogen and oxygen atoms in total. The van der Waals surface area contributed by atoms with Crippen molar-refractivity contribution in [3.8, 4) is 17.2 Å². The molecule has 0 saturated carbocycles. The third kappa shape index (κ3) is 5.81. The van der Waals surface area contributed by atoms with Crippen LogP contribution in [0.2, 0.25) is 0 Å². The van der Waals surface area contributed by atoms with E-state index < -0.39 is 58.4 Å². The Morgan fingerprint density at radius 2 is 1.84 bits per heavy atom. The fourth-order valence-corrected chi connectivity index (χ4v) is 9.11. The maximum Gasteiger partial charge on any atom is 0.417 e. The zero-order valence-electron chi connectivity index (χ0n) is 26.8. The summed E-state index contributed by atoms with van der Waals surface area (Å²) >= 11 is 1.59. The predicted molar refractivity (Wildman–Crippen MR) is 180 cm³/mol. The lowest BCUT2D eigenvalue weighted by atomic mass is 9.92. The number of carbonyl (C=O) groups is 1. The number of nitrogens with zero attached hydrogens (tertiary/aromatic N) is 5. The van der Waals surface area contributed by atoms with Crippen LogP contribution in [0.3, 0.4) is 0 Å². The molecule has 2 N–H and O–H groups in total. The highest BCUT2D eigenvalue weighted by atomic mass is 32.2. The molecule has 258 valence electrons. The number of ether oxygens (including phenoxy) is 1. The number of thiophene rings is 1. The highest BCUT2D eigenvalue weighted by Crippen LogP contribution is 2.52. The van der Waals surface area contributed by atoms with Crippen molar-refractivity contribution in [2.75, 3.05) is 29.5 Å². The molecule has 1 unspecified atom stereocenters. The Bertz CT molecular complexity index is 2130. The van der Waals surface area contributed by atoms with Gasteiger partial charge in [0.25, 0.3) is 0 Å². The standard InChI is InChI=1S/C33H31F5N6O3S2/c1-6-23(45)44-15(4)10-42(11-16(44)5)31-18-7-20(33(36,37)38)25(26-21(34)8-22(35)28-24(26)19(9-39)30(40)49-28)29-27(18)43(32(46)41-31)12-17(13-48-29)47-14(2)3/h6-8,14-17H,1,10-13,40H2,2-5H3/t15-,16+,17?. The summed E-state index contributed by atoms with van der Waals surface area (Å²) in [6.45, 7) is 10.9. The second kappa shape index (κ2) is 12.6. The summed E-state index contributed by atoms with van der Waals surface area (Å²) in [6, 6.07) is 2.29. The van der Waals surface area contributed by atoms with E-state index in [1.54, 1.807) is 43.6 Å². The van der Waals surface area contributed by atoms with Gasteiger partial charge in [0.1, 0.15) is 28.5 Å². The SMILES string of the molecule is C=CC(=O)N1[C@H](C)CN(c2nc(=O)n3c4c(c(-c5c(F)cc(F)c6sc(N)c(C#N)c56)c(C(F)(F)F)cc24)SCC(OC(C)C)C3)C[C@@H]1C. The molecule has 2 aromatic carbocycles. The van der Waals surface area contributed by atoms with Crippen LogP contribution in [0.15, 0.2) is 34.5 Å². The summed E-state index contributed by atoms with van der Waals surface area (Å²) in [7, 11) is 0. The van der Waals surface area contributed by atoms with Crippen LogP contribution in [0.4, 0.5) is 32.8 Å². The van der Waals surface area contributed by atoms with E-state index in [4.69, 9.17) is 10.5 Å². The van der Waals surface area contributed by atoms with Crippen molar-refractivity contribution >= 4 is 60.8 Å². The van der Waals surface area contributed by atoms with E-state index >= 15 is 22.0 Å². The van der Waals surface area contributed by atoms with Crippen molar-refractivity contribution in [1.29, 1.82) is 5.26 Å². The largest absolute Gasteiger partial charge is 0.417 e. The second-order valence-electron chi connectivity index (χ2n) is 12.4. The van der Waals surface area contributed by atoms with E-state index in [-0.39, 0.29) is 79.7 Å². The van der Waals surface area contributed by atoms with Crippen LogP contribution in [0.5, 0.6) is 0 Å². The van der Waals surface area contributed by atoms with Crippen LogP contribution in [0.25, 0.3) is 32.1 Å². The molecule has 49 heavy (non-hydrogen) atoms. The summed E-state index contributed by atoms with van der Waals surface area (Å²) in [4.78, 5) is 34.0. The quantitative estimate of drug-likeness (QED) is 0.183. The van der Waals surface area contributed by atoms with Gasteiger partial charge < -0.3 is 20.3 Å². The van der Waals surface area contributed by atoms with Gasteiger partial charge in [-0.15, -0.1) is 23.1 Å². The van der Waals surface area contributed by atoms with Crippen molar-refractivity contribution in [3.63, 3.8) is 0 Å². The van der Waals surface area contributed by atoms with Gasteiger partial charge in [-0.05, 0) is 39.8 Å². The minimum atomic E-state index is -5.09. The maximum absolute atomic E-state index is 16.1. The van der Waals surface area contributed by atoms with Gasteiger partial charge >= 0.3 is 11.9 Å². The molecule has 2 aliphatic rings. The molecule has 16 heteroatoms. The molecule has 1 amide bonds. The number of anilines is 2. The molecule has 6 rings (SSSR count). The topological polar surface area (TPSA) is 117 Å². The highest BCUT2D eigenvalue weighted by molar-refractivity contribution is 7.99. The summed E-state index contributed by atoms with van der Waals surface area (Å²) in [6.07, 6.45) is -4.84. The Morgan fingerprint density at radius 3 is 2.43 bits per heavy atom. The smallest absolute Gasteiger partial charge is 0.389 e. The van der Waals surface area contributed by atoms with Crippen LogP contribution in [-0.2, 0) is 22.3 Å². The van der Waals surface area contributed by atoms with Crippen molar-refractivity contribution in [2.45, 2.75) is 69.6 Å². The Hall–Kier alpha value is -4.20. The first-order valence-corrected chi connectivity index (χ1v) is 17.1. The van der Waals surface area contributed by atoms with Crippen molar-refractivity contribution in [1.82, 2.24) is 14.5 Å². The normalized spacial score (nSPS) is 19.8. The third-order valence-electron chi connectivity index (χ3n) is 8.67. The van der Waals surface area contributed by atoms with Gasteiger partial charge in [0.2, 0.25) is 5.91 Å². The molecular formula is C33H31F5N6O3S2. The van der Waals surface area contributed by atoms with Gasteiger partial charge in [-0.2, -0.15) is 23.4 Å². The van der Waals surface area contributed by atoms with Gasteiger partial charge in [0.15, 0.2) is 0 Å². The lowest BCUT2D eigenvalue weighted by molar-refractivity contribution is -0.137. The van der Waals surface area contributed by atoms with Gasteiger partial charge in [0, 0.05) is 63.8 Å². The number of benzene rings is 2. The number of hydrogen-bond acceptors (Lipinski definition) is 9. The highest BCUT2D eigenvalue weighted by Gasteiger charge is 2.41. The number of fused-ring (bicyclic) bond motifs is 1. The molecule has 0 spiro atoms. The number of carbonyl (C=O) groups excluding carboxylic acids is 1. The van der Waals surface area contributed by atoms with Crippen LogP contribution in [-0.4, -0.2) is 63.5 Å². The van der Waals surface area contributed by atoms with E-state index in [0.717, 1.165) is 17.8 Å². The van der Waals surface area contributed by atoms with Crippen LogP contribution >= 0.6 is 23.1 Å². The molecule has 0 radical (unpaired) electrons. The minimum absolute atomic E-state index is 0.0182. The molecule has 1 fully saturated rings. The van der Waals surface area contributed by atoms with Crippen LogP contribution in [0.1, 0.15) is 38.8 Å². The lowest BCUT2D eigenvalue weighted by Gasteiger charge is -2.44. The fourth-order valence-electron chi connectivity index (χ4n) is 6.93. The molecule has 4 heterocycles. The van der Waals surface area contributed by atoms with E-state index in [9.17, 15) is 14.9 Å².